The highest BCUT2D eigenvalue weighted by atomic mass is 19.1. The van der Waals surface area contributed by atoms with E-state index >= 15 is 0 Å². The average Bonchev–Trinajstić information content (AvgIpc) is 2.51. The maximum atomic E-state index is 13.5. The van der Waals surface area contributed by atoms with Gasteiger partial charge >= 0.3 is 0 Å². The molecule has 0 bridgehead atoms. The van der Waals surface area contributed by atoms with E-state index in [1.54, 1.807) is 25.7 Å². The van der Waals surface area contributed by atoms with Gasteiger partial charge in [0, 0.05) is 44.3 Å². The number of nitrogens with zero attached hydrogens (tertiary/aromatic N) is 4. The number of fused-ring (bicyclic) bond motifs is 1. The van der Waals surface area contributed by atoms with Gasteiger partial charge in [-0.2, -0.15) is 0 Å². The second-order valence-corrected chi connectivity index (χ2v) is 5.23. The quantitative estimate of drug-likeness (QED) is 0.851. The molecule has 1 aliphatic rings. The van der Waals surface area contributed by atoms with Crippen LogP contribution < -0.4 is 10.6 Å². The Bertz CT molecular complexity index is 672. The Kier molecular flexibility index (Phi) is 3.79. The molecule has 21 heavy (non-hydrogen) atoms. The van der Waals surface area contributed by atoms with Crippen molar-refractivity contribution in [3.8, 4) is 0 Å². The summed E-state index contributed by atoms with van der Waals surface area (Å²) in [6.07, 6.45) is 4.62. The van der Waals surface area contributed by atoms with E-state index in [1.165, 1.54) is 0 Å². The van der Waals surface area contributed by atoms with E-state index in [1.807, 2.05) is 12.1 Å². The lowest BCUT2D eigenvalue weighted by molar-refractivity contribution is 0.245. The maximum Gasteiger partial charge on any atom is 0.119 e. The van der Waals surface area contributed by atoms with Crippen LogP contribution >= 0.6 is 0 Å². The molecule has 1 aromatic carbocycles. The Hall–Kier alpha value is -2.08. The molecular weight excluding hydrogens is 269 g/mol. The average molecular weight is 287 g/mol. The number of anilines is 1. The van der Waals surface area contributed by atoms with Gasteiger partial charge in [0.15, 0.2) is 0 Å². The molecule has 2 N–H and O–H groups in total. The molecule has 0 spiro atoms. The molecule has 0 radical (unpaired) electrons. The third kappa shape index (κ3) is 2.58. The topological polar surface area (TPSA) is 67.4 Å². The predicted octanol–water partition coefficient (Wildman–Crippen LogP) is 1.55. The van der Waals surface area contributed by atoms with Gasteiger partial charge in [0.05, 0.1) is 17.2 Å². The van der Waals surface area contributed by atoms with Crippen LogP contribution in [0, 0.1) is 0 Å². The third-order valence-corrected chi connectivity index (χ3v) is 3.81. The summed E-state index contributed by atoms with van der Waals surface area (Å²) >= 11 is 0. The lowest BCUT2D eigenvalue weighted by Crippen LogP contribution is -2.49. The van der Waals surface area contributed by atoms with E-state index in [0.717, 1.165) is 22.3 Å². The summed E-state index contributed by atoms with van der Waals surface area (Å²) < 4.78 is 13.5. The fraction of sp³-hybridized carbons (Fsp3) is 0.400. The van der Waals surface area contributed by atoms with E-state index < -0.39 is 12.2 Å². The zero-order valence-electron chi connectivity index (χ0n) is 11.9. The Labute approximate surface area is 122 Å². The molecule has 0 aliphatic carbocycles. The van der Waals surface area contributed by atoms with E-state index in [-0.39, 0.29) is 0 Å². The van der Waals surface area contributed by atoms with Crippen molar-refractivity contribution in [1.29, 1.82) is 0 Å². The number of benzene rings is 1. The first kappa shape index (κ1) is 13.9. The van der Waals surface area contributed by atoms with Crippen LogP contribution in [0.5, 0.6) is 0 Å². The summed E-state index contributed by atoms with van der Waals surface area (Å²) in [5.41, 5.74) is 9.34. The standard InChI is InChI=1S/C15H18FN5/c1-18-8-10-2-3-13(15-14(10)19-5-6-20-15)21-7-4-11(16)12(17)9-21/h2-3,5-6,8,11-12H,4,7,9,17H2,1H3/b18-8+. The number of aliphatic imine (C=N–C) groups is 1. The van der Waals surface area contributed by atoms with Crippen LogP contribution in [-0.4, -0.2) is 48.5 Å². The van der Waals surface area contributed by atoms with Crippen molar-refractivity contribution in [3.63, 3.8) is 0 Å². The van der Waals surface area contributed by atoms with Gasteiger partial charge < -0.3 is 10.6 Å². The van der Waals surface area contributed by atoms with Crippen molar-refractivity contribution in [3.05, 3.63) is 30.1 Å². The second-order valence-electron chi connectivity index (χ2n) is 5.23. The molecule has 1 saturated heterocycles. The normalized spacial score (nSPS) is 23.1. The first-order chi connectivity index (χ1) is 10.2. The van der Waals surface area contributed by atoms with Gasteiger partial charge in [0.1, 0.15) is 11.7 Å². The van der Waals surface area contributed by atoms with Crippen LogP contribution in [0.2, 0.25) is 0 Å². The van der Waals surface area contributed by atoms with Crippen LogP contribution in [0.15, 0.2) is 29.5 Å². The zero-order valence-corrected chi connectivity index (χ0v) is 11.9. The fourth-order valence-electron chi connectivity index (χ4n) is 2.73. The molecule has 1 fully saturated rings. The number of aromatic nitrogens is 2. The first-order valence-corrected chi connectivity index (χ1v) is 7.01. The Morgan fingerprint density at radius 2 is 2.10 bits per heavy atom. The van der Waals surface area contributed by atoms with Crippen LogP contribution in [-0.2, 0) is 0 Å². The van der Waals surface area contributed by atoms with Crippen molar-refractivity contribution >= 4 is 22.9 Å². The highest BCUT2D eigenvalue weighted by Crippen LogP contribution is 2.28. The van der Waals surface area contributed by atoms with Crippen LogP contribution in [0.1, 0.15) is 12.0 Å². The molecule has 6 heteroatoms. The van der Waals surface area contributed by atoms with Gasteiger partial charge in [-0.3, -0.25) is 15.0 Å². The van der Waals surface area contributed by atoms with Gasteiger partial charge in [-0.1, -0.05) is 0 Å². The summed E-state index contributed by atoms with van der Waals surface area (Å²) in [5.74, 6) is 0. The molecule has 0 amide bonds. The number of rotatable bonds is 2. The van der Waals surface area contributed by atoms with Crippen molar-refractivity contribution < 1.29 is 4.39 Å². The minimum absolute atomic E-state index is 0.446. The van der Waals surface area contributed by atoms with Crippen LogP contribution in [0.3, 0.4) is 0 Å². The number of halogens is 1. The summed E-state index contributed by atoms with van der Waals surface area (Å²) in [5, 5.41) is 0. The van der Waals surface area contributed by atoms with Gasteiger partial charge in [-0.25, -0.2) is 4.39 Å². The van der Waals surface area contributed by atoms with Gasteiger partial charge in [-0.05, 0) is 18.6 Å². The Morgan fingerprint density at radius 3 is 2.81 bits per heavy atom. The van der Waals surface area contributed by atoms with E-state index in [9.17, 15) is 4.39 Å². The van der Waals surface area contributed by atoms with E-state index in [0.29, 0.717) is 19.5 Å². The van der Waals surface area contributed by atoms with Crippen molar-refractivity contribution in [2.24, 2.45) is 10.7 Å². The maximum absolute atomic E-state index is 13.5. The van der Waals surface area contributed by atoms with E-state index in [4.69, 9.17) is 5.73 Å². The summed E-state index contributed by atoms with van der Waals surface area (Å²) in [6, 6.07) is 3.49. The molecule has 2 heterocycles. The Balaban J connectivity index is 2.06. The SMILES string of the molecule is C/N=C/c1ccc(N2CCC(F)C(N)C2)c2nccnc12. The molecule has 2 atom stereocenters. The second kappa shape index (κ2) is 5.73. The Morgan fingerprint density at radius 1 is 1.33 bits per heavy atom. The third-order valence-electron chi connectivity index (χ3n) is 3.81. The molecule has 0 saturated carbocycles. The summed E-state index contributed by atoms with van der Waals surface area (Å²) in [6.45, 7) is 1.13. The highest BCUT2D eigenvalue weighted by Gasteiger charge is 2.27. The lowest BCUT2D eigenvalue weighted by atomic mass is 10.0. The molecule has 3 rings (SSSR count). The smallest absolute Gasteiger partial charge is 0.119 e. The number of alkyl halides is 1. The van der Waals surface area contributed by atoms with Crippen molar-refractivity contribution in [1.82, 2.24) is 9.97 Å². The first-order valence-electron chi connectivity index (χ1n) is 7.01. The fourth-order valence-corrected chi connectivity index (χ4v) is 2.73. The molecule has 110 valence electrons. The van der Waals surface area contributed by atoms with Gasteiger partial charge in [0.25, 0.3) is 0 Å². The minimum Gasteiger partial charge on any atom is -0.368 e. The van der Waals surface area contributed by atoms with Gasteiger partial charge in [0.2, 0.25) is 0 Å². The number of hydrogen-bond acceptors (Lipinski definition) is 5. The number of nitrogens with two attached hydrogens (primary N) is 1. The zero-order chi connectivity index (χ0) is 14.8. The molecule has 1 aliphatic heterocycles. The summed E-state index contributed by atoms with van der Waals surface area (Å²) in [4.78, 5) is 15.0. The highest BCUT2D eigenvalue weighted by molar-refractivity contribution is 6.01. The predicted molar refractivity (Wildman–Crippen MR) is 82.8 cm³/mol. The lowest BCUT2D eigenvalue weighted by Gasteiger charge is -2.35. The molecular formula is C15H18FN5. The largest absolute Gasteiger partial charge is 0.368 e. The molecule has 2 unspecified atom stereocenters. The molecule has 2 aromatic rings. The van der Waals surface area contributed by atoms with Crippen molar-refractivity contribution in [2.45, 2.75) is 18.6 Å². The number of hydrogen-bond donors (Lipinski definition) is 1. The monoisotopic (exact) mass is 287 g/mol. The summed E-state index contributed by atoms with van der Waals surface area (Å²) in [7, 11) is 1.72. The van der Waals surface area contributed by atoms with E-state index in [2.05, 4.69) is 19.9 Å². The molecule has 1 aromatic heterocycles. The minimum atomic E-state index is -0.926. The van der Waals surface area contributed by atoms with Gasteiger partial charge in [-0.15, -0.1) is 0 Å². The van der Waals surface area contributed by atoms with Crippen molar-refractivity contribution in [2.75, 3.05) is 25.0 Å². The van der Waals surface area contributed by atoms with Crippen LogP contribution in [0.4, 0.5) is 10.1 Å². The molecule has 5 nitrogen and oxygen atoms in total. The van der Waals surface area contributed by atoms with Crippen LogP contribution in [0.25, 0.3) is 11.0 Å². The number of piperidine rings is 1.